The minimum absolute atomic E-state index is 0. The summed E-state index contributed by atoms with van der Waals surface area (Å²) in [5.41, 5.74) is 2.67. The summed E-state index contributed by atoms with van der Waals surface area (Å²) in [6, 6.07) is 19.0. The molecule has 2 aromatic carbocycles. The molecule has 1 aliphatic heterocycles. The highest BCUT2D eigenvalue weighted by atomic mass is 35.5. The van der Waals surface area contributed by atoms with Crippen LogP contribution in [-0.4, -0.2) is 19.2 Å². The zero-order valence-electron chi connectivity index (χ0n) is 11.4. The van der Waals surface area contributed by atoms with Crippen LogP contribution in [0.5, 0.6) is 5.75 Å². The van der Waals surface area contributed by atoms with Gasteiger partial charge in [-0.25, -0.2) is 0 Å². The topological polar surface area (TPSA) is 21.3 Å². The molecule has 3 rings (SSSR count). The van der Waals surface area contributed by atoms with Crippen molar-refractivity contribution in [1.29, 1.82) is 0 Å². The molecule has 106 valence electrons. The zero-order valence-corrected chi connectivity index (χ0v) is 12.2. The average molecular weight is 290 g/mol. The fourth-order valence-electron chi connectivity index (χ4n) is 2.44. The quantitative estimate of drug-likeness (QED) is 0.931. The summed E-state index contributed by atoms with van der Waals surface area (Å²) >= 11 is 0. The fourth-order valence-corrected chi connectivity index (χ4v) is 2.44. The Balaban J connectivity index is 0.00000147. The molecule has 1 aliphatic rings. The van der Waals surface area contributed by atoms with Gasteiger partial charge < -0.3 is 10.1 Å². The fraction of sp³-hybridized carbons (Fsp3) is 0.294. The number of halogens is 1. The standard InChI is InChI=1S/C17H19NO.ClH/c1-2-4-14(5-3-1)12-15-6-8-16(9-7-15)19-17-10-11-18-13-17;/h1-9,17-18H,10-13H2;1H. The first-order chi connectivity index (χ1) is 9.40. The van der Waals surface area contributed by atoms with E-state index in [1.54, 1.807) is 0 Å². The van der Waals surface area contributed by atoms with E-state index in [1.807, 2.05) is 0 Å². The highest BCUT2D eigenvalue weighted by Gasteiger charge is 2.15. The summed E-state index contributed by atoms with van der Waals surface area (Å²) in [4.78, 5) is 0. The van der Waals surface area contributed by atoms with Crippen LogP contribution >= 0.6 is 12.4 Å². The molecule has 0 radical (unpaired) electrons. The highest BCUT2D eigenvalue weighted by molar-refractivity contribution is 5.85. The molecule has 1 fully saturated rings. The minimum atomic E-state index is 0. The summed E-state index contributed by atoms with van der Waals surface area (Å²) in [6.45, 7) is 2.03. The van der Waals surface area contributed by atoms with E-state index in [-0.39, 0.29) is 12.4 Å². The predicted molar refractivity (Wildman–Crippen MR) is 84.8 cm³/mol. The van der Waals surface area contributed by atoms with Crippen LogP contribution < -0.4 is 10.1 Å². The van der Waals surface area contributed by atoms with Gasteiger partial charge in [-0.15, -0.1) is 12.4 Å². The summed E-state index contributed by atoms with van der Waals surface area (Å²) in [5.74, 6) is 0.977. The predicted octanol–water partition coefficient (Wildman–Crippen LogP) is 3.44. The molecular weight excluding hydrogens is 270 g/mol. The number of nitrogens with one attached hydrogen (secondary N) is 1. The molecule has 1 unspecified atom stereocenters. The molecule has 0 spiro atoms. The van der Waals surface area contributed by atoms with E-state index in [0.717, 1.165) is 31.7 Å². The Labute approximate surface area is 126 Å². The van der Waals surface area contributed by atoms with E-state index in [2.05, 4.69) is 59.9 Å². The van der Waals surface area contributed by atoms with Crippen LogP contribution in [0, 0.1) is 0 Å². The molecule has 3 heteroatoms. The van der Waals surface area contributed by atoms with E-state index in [4.69, 9.17) is 4.74 Å². The van der Waals surface area contributed by atoms with Gasteiger partial charge in [-0.1, -0.05) is 42.5 Å². The Hall–Kier alpha value is -1.51. The van der Waals surface area contributed by atoms with Crippen molar-refractivity contribution in [3.8, 4) is 5.75 Å². The molecule has 0 aromatic heterocycles. The molecule has 1 atom stereocenters. The lowest BCUT2D eigenvalue weighted by Gasteiger charge is -2.12. The van der Waals surface area contributed by atoms with Gasteiger partial charge in [0, 0.05) is 6.54 Å². The van der Waals surface area contributed by atoms with Crippen LogP contribution in [0.25, 0.3) is 0 Å². The van der Waals surface area contributed by atoms with Crippen LogP contribution in [0.15, 0.2) is 54.6 Å². The molecule has 0 bridgehead atoms. The van der Waals surface area contributed by atoms with Gasteiger partial charge >= 0.3 is 0 Å². The maximum Gasteiger partial charge on any atom is 0.119 e. The third-order valence-corrected chi connectivity index (χ3v) is 3.49. The van der Waals surface area contributed by atoms with Gasteiger partial charge in [-0.05, 0) is 42.6 Å². The average Bonchev–Trinajstić information content (AvgIpc) is 2.95. The van der Waals surface area contributed by atoms with E-state index in [9.17, 15) is 0 Å². The van der Waals surface area contributed by atoms with Crippen LogP contribution in [0.4, 0.5) is 0 Å². The van der Waals surface area contributed by atoms with Crippen molar-refractivity contribution in [2.45, 2.75) is 18.9 Å². The summed E-state index contributed by atoms with van der Waals surface area (Å²) in [6.07, 6.45) is 2.41. The Kier molecular flexibility index (Phi) is 5.45. The van der Waals surface area contributed by atoms with Gasteiger partial charge in [0.15, 0.2) is 0 Å². The first-order valence-electron chi connectivity index (χ1n) is 6.90. The number of benzene rings is 2. The normalized spacial score (nSPS) is 17.5. The van der Waals surface area contributed by atoms with Crippen molar-refractivity contribution in [3.05, 3.63) is 65.7 Å². The number of hydrogen-bond acceptors (Lipinski definition) is 2. The van der Waals surface area contributed by atoms with Crippen molar-refractivity contribution in [2.24, 2.45) is 0 Å². The van der Waals surface area contributed by atoms with Crippen molar-refractivity contribution < 1.29 is 4.74 Å². The third-order valence-electron chi connectivity index (χ3n) is 3.49. The lowest BCUT2D eigenvalue weighted by atomic mass is 10.1. The monoisotopic (exact) mass is 289 g/mol. The first-order valence-corrected chi connectivity index (χ1v) is 6.90. The van der Waals surface area contributed by atoms with Crippen molar-refractivity contribution in [1.82, 2.24) is 5.32 Å². The maximum atomic E-state index is 5.92. The molecule has 20 heavy (non-hydrogen) atoms. The second kappa shape index (κ2) is 7.32. The smallest absolute Gasteiger partial charge is 0.119 e. The molecule has 1 N–H and O–H groups in total. The van der Waals surface area contributed by atoms with Gasteiger partial charge in [0.05, 0.1) is 0 Å². The number of rotatable bonds is 4. The van der Waals surface area contributed by atoms with Gasteiger partial charge in [-0.2, -0.15) is 0 Å². The molecule has 1 heterocycles. The van der Waals surface area contributed by atoms with Gasteiger partial charge in [0.1, 0.15) is 11.9 Å². The summed E-state index contributed by atoms with van der Waals surface area (Å²) in [5, 5.41) is 3.31. The summed E-state index contributed by atoms with van der Waals surface area (Å²) < 4.78 is 5.92. The second-order valence-electron chi connectivity index (χ2n) is 5.04. The molecule has 0 saturated carbocycles. The summed E-state index contributed by atoms with van der Waals surface area (Å²) in [7, 11) is 0. The van der Waals surface area contributed by atoms with Gasteiger partial charge in [-0.3, -0.25) is 0 Å². The maximum absolute atomic E-state index is 5.92. The van der Waals surface area contributed by atoms with E-state index in [1.165, 1.54) is 11.1 Å². The Morgan fingerprint density at radius 2 is 1.65 bits per heavy atom. The Morgan fingerprint density at radius 3 is 2.30 bits per heavy atom. The molecular formula is C17H20ClNO. The SMILES string of the molecule is Cl.c1ccc(Cc2ccc(OC3CCNC3)cc2)cc1. The lowest BCUT2D eigenvalue weighted by Crippen LogP contribution is -2.19. The Bertz CT molecular complexity index is 506. The van der Waals surface area contributed by atoms with E-state index in [0.29, 0.717) is 6.10 Å². The van der Waals surface area contributed by atoms with Crippen LogP contribution in [-0.2, 0) is 6.42 Å². The molecule has 2 aromatic rings. The number of ether oxygens (including phenoxy) is 1. The highest BCUT2D eigenvalue weighted by Crippen LogP contribution is 2.18. The molecule has 2 nitrogen and oxygen atoms in total. The number of hydrogen-bond donors (Lipinski definition) is 1. The first kappa shape index (κ1) is 14.9. The lowest BCUT2D eigenvalue weighted by molar-refractivity contribution is 0.223. The molecule has 0 aliphatic carbocycles. The minimum Gasteiger partial charge on any atom is -0.489 e. The van der Waals surface area contributed by atoms with Crippen molar-refractivity contribution >= 4 is 12.4 Å². The van der Waals surface area contributed by atoms with Crippen LogP contribution in [0.3, 0.4) is 0 Å². The largest absolute Gasteiger partial charge is 0.489 e. The van der Waals surface area contributed by atoms with E-state index >= 15 is 0 Å². The Morgan fingerprint density at radius 1 is 0.950 bits per heavy atom. The van der Waals surface area contributed by atoms with E-state index < -0.39 is 0 Å². The molecule has 0 amide bonds. The third kappa shape index (κ3) is 3.99. The van der Waals surface area contributed by atoms with Gasteiger partial charge in [0.2, 0.25) is 0 Å². The zero-order chi connectivity index (χ0) is 12.9. The molecule has 1 saturated heterocycles. The van der Waals surface area contributed by atoms with Crippen molar-refractivity contribution in [3.63, 3.8) is 0 Å². The van der Waals surface area contributed by atoms with Gasteiger partial charge in [0.25, 0.3) is 0 Å². The van der Waals surface area contributed by atoms with Crippen LogP contribution in [0.2, 0.25) is 0 Å². The van der Waals surface area contributed by atoms with Crippen LogP contribution in [0.1, 0.15) is 17.5 Å². The van der Waals surface area contributed by atoms with Crippen molar-refractivity contribution in [2.75, 3.05) is 13.1 Å². The second-order valence-corrected chi connectivity index (χ2v) is 5.04.